The van der Waals surface area contributed by atoms with E-state index in [0.29, 0.717) is 12.0 Å². The van der Waals surface area contributed by atoms with Gasteiger partial charge in [-0.05, 0) is 37.8 Å². The molecule has 0 spiro atoms. The summed E-state index contributed by atoms with van der Waals surface area (Å²) in [7, 11) is 0. The average Bonchev–Trinajstić information content (AvgIpc) is 3.38. The molecule has 4 rings (SSSR count). The van der Waals surface area contributed by atoms with E-state index < -0.39 is 0 Å². The highest BCUT2D eigenvalue weighted by molar-refractivity contribution is 5.53. The molecular weight excluding hydrogens is 308 g/mol. The van der Waals surface area contributed by atoms with Gasteiger partial charge in [0.25, 0.3) is 0 Å². The van der Waals surface area contributed by atoms with Gasteiger partial charge in [0.1, 0.15) is 17.5 Å². The van der Waals surface area contributed by atoms with Crippen LogP contribution in [0.25, 0.3) is 0 Å². The Morgan fingerprint density at radius 3 is 2.64 bits per heavy atom. The third-order valence-electron chi connectivity index (χ3n) is 5.13. The highest BCUT2D eigenvalue weighted by atomic mass is 15.2. The van der Waals surface area contributed by atoms with E-state index in [1.165, 1.54) is 24.0 Å². The van der Waals surface area contributed by atoms with Gasteiger partial charge < -0.3 is 10.2 Å². The zero-order valence-corrected chi connectivity index (χ0v) is 15.7. The molecule has 1 aromatic heterocycles. The lowest BCUT2D eigenvalue weighted by Gasteiger charge is -2.40. The Hall–Kier alpha value is -2.10. The van der Waals surface area contributed by atoms with Gasteiger partial charge in [-0.3, -0.25) is 0 Å². The minimum atomic E-state index is 0.116. The summed E-state index contributed by atoms with van der Waals surface area (Å²) in [5, 5.41) is 3.47. The second-order valence-corrected chi connectivity index (χ2v) is 8.44. The lowest BCUT2D eigenvalue weighted by molar-refractivity contribution is 0.474. The predicted octanol–water partition coefficient (Wildman–Crippen LogP) is 4.47. The summed E-state index contributed by atoms with van der Waals surface area (Å²) < 4.78 is 0. The molecule has 2 aromatic rings. The standard InChI is InChI=1S/C21H28N4/c1-14(2)22-18-11-19(24-20(23-18)15-9-10-15)25-12-16-7-5-6-8-17(16)21(3,4)13-25/h5-8,11,14-15H,9-10,12-13H2,1-4H3,(H,22,23,24). The zero-order chi connectivity index (χ0) is 17.6. The Morgan fingerprint density at radius 1 is 1.16 bits per heavy atom. The SMILES string of the molecule is CC(C)Nc1cc(N2Cc3ccccc3C(C)(C)C2)nc(C2CC2)n1. The molecule has 1 aromatic carbocycles. The van der Waals surface area contributed by atoms with Crippen molar-refractivity contribution in [1.82, 2.24) is 9.97 Å². The molecule has 0 saturated heterocycles. The quantitative estimate of drug-likeness (QED) is 0.894. The van der Waals surface area contributed by atoms with E-state index in [9.17, 15) is 0 Å². The maximum atomic E-state index is 4.94. The minimum Gasteiger partial charge on any atom is -0.368 e. The first-order valence-corrected chi connectivity index (χ1v) is 9.41. The summed E-state index contributed by atoms with van der Waals surface area (Å²) in [6, 6.07) is 11.3. The van der Waals surface area contributed by atoms with E-state index in [4.69, 9.17) is 9.97 Å². The summed E-state index contributed by atoms with van der Waals surface area (Å²) in [5.41, 5.74) is 2.98. The molecule has 1 aliphatic carbocycles. The van der Waals surface area contributed by atoms with Gasteiger partial charge in [0.05, 0.1) is 0 Å². The normalized spacial score (nSPS) is 19.0. The summed E-state index contributed by atoms with van der Waals surface area (Å²) in [4.78, 5) is 12.1. The number of nitrogens with one attached hydrogen (secondary N) is 1. The Morgan fingerprint density at radius 2 is 1.92 bits per heavy atom. The van der Waals surface area contributed by atoms with E-state index in [2.05, 4.69) is 68.2 Å². The van der Waals surface area contributed by atoms with Crippen LogP contribution < -0.4 is 10.2 Å². The van der Waals surface area contributed by atoms with Crippen LogP contribution in [0.2, 0.25) is 0 Å². The van der Waals surface area contributed by atoms with Gasteiger partial charge in [0.15, 0.2) is 0 Å². The van der Waals surface area contributed by atoms with Crippen molar-refractivity contribution in [1.29, 1.82) is 0 Å². The Bertz CT molecular complexity index is 777. The van der Waals surface area contributed by atoms with E-state index in [1.807, 2.05) is 0 Å². The van der Waals surface area contributed by atoms with Crippen LogP contribution in [0.1, 0.15) is 63.4 Å². The molecular formula is C21H28N4. The van der Waals surface area contributed by atoms with Crippen LogP contribution in [-0.2, 0) is 12.0 Å². The van der Waals surface area contributed by atoms with E-state index in [1.54, 1.807) is 0 Å². The van der Waals surface area contributed by atoms with Crippen molar-refractivity contribution >= 4 is 11.6 Å². The van der Waals surface area contributed by atoms with Crippen molar-refractivity contribution in [3.05, 3.63) is 47.3 Å². The molecule has 1 N–H and O–H groups in total. The van der Waals surface area contributed by atoms with Crippen molar-refractivity contribution in [3.63, 3.8) is 0 Å². The molecule has 4 heteroatoms. The molecule has 1 aliphatic heterocycles. The van der Waals surface area contributed by atoms with Crippen LogP contribution in [0, 0.1) is 0 Å². The van der Waals surface area contributed by atoms with Crippen LogP contribution in [0.5, 0.6) is 0 Å². The van der Waals surface area contributed by atoms with Crippen LogP contribution in [0.3, 0.4) is 0 Å². The van der Waals surface area contributed by atoms with Crippen molar-refractivity contribution in [2.24, 2.45) is 0 Å². The fourth-order valence-electron chi connectivity index (χ4n) is 3.81. The minimum absolute atomic E-state index is 0.116. The second kappa shape index (κ2) is 6.01. The van der Waals surface area contributed by atoms with Gasteiger partial charge >= 0.3 is 0 Å². The van der Waals surface area contributed by atoms with Crippen LogP contribution in [-0.4, -0.2) is 22.6 Å². The first kappa shape index (κ1) is 16.4. The third-order valence-corrected chi connectivity index (χ3v) is 5.13. The first-order chi connectivity index (χ1) is 11.9. The second-order valence-electron chi connectivity index (χ2n) is 8.44. The van der Waals surface area contributed by atoms with Crippen molar-refractivity contribution in [3.8, 4) is 0 Å². The Labute approximate surface area is 150 Å². The first-order valence-electron chi connectivity index (χ1n) is 9.41. The molecule has 0 radical (unpaired) electrons. The number of benzene rings is 1. The lowest BCUT2D eigenvalue weighted by atomic mass is 9.78. The molecule has 2 aliphatic rings. The van der Waals surface area contributed by atoms with E-state index in [-0.39, 0.29) is 5.41 Å². The molecule has 132 valence electrons. The van der Waals surface area contributed by atoms with Crippen molar-refractivity contribution in [2.45, 2.75) is 64.5 Å². The predicted molar refractivity (Wildman–Crippen MR) is 103 cm³/mol. The number of hydrogen-bond donors (Lipinski definition) is 1. The van der Waals surface area contributed by atoms with Crippen LogP contribution in [0.4, 0.5) is 11.6 Å². The number of fused-ring (bicyclic) bond motifs is 1. The third kappa shape index (κ3) is 3.35. The zero-order valence-electron chi connectivity index (χ0n) is 15.7. The van der Waals surface area contributed by atoms with Gasteiger partial charge in [0.2, 0.25) is 0 Å². The molecule has 25 heavy (non-hydrogen) atoms. The Kier molecular flexibility index (Phi) is 3.94. The fraction of sp³-hybridized carbons (Fsp3) is 0.524. The maximum Gasteiger partial charge on any atom is 0.136 e. The van der Waals surface area contributed by atoms with Gasteiger partial charge in [-0.15, -0.1) is 0 Å². The van der Waals surface area contributed by atoms with Gasteiger partial charge in [0, 0.05) is 36.5 Å². The molecule has 0 atom stereocenters. The summed E-state index contributed by atoms with van der Waals surface area (Å²) in [6.45, 7) is 10.9. The lowest BCUT2D eigenvalue weighted by Crippen LogP contribution is -2.42. The number of nitrogens with zero attached hydrogens (tertiary/aromatic N) is 3. The highest BCUT2D eigenvalue weighted by Gasteiger charge is 2.33. The largest absolute Gasteiger partial charge is 0.368 e. The van der Waals surface area contributed by atoms with Gasteiger partial charge in [-0.1, -0.05) is 38.1 Å². The average molecular weight is 336 g/mol. The van der Waals surface area contributed by atoms with E-state index >= 15 is 0 Å². The van der Waals surface area contributed by atoms with Gasteiger partial charge in [-0.2, -0.15) is 0 Å². The van der Waals surface area contributed by atoms with E-state index in [0.717, 1.165) is 30.5 Å². The molecule has 1 saturated carbocycles. The maximum absolute atomic E-state index is 4.94. The van der Waals surface area contributed by atoms with Crippen molar-refractivity contribution in [2.75, 3.05) is 16.8 Å². The summed E-state index contributed by atoms with van der Waals surface area (Å²) in [6.07, 6.45) is 2.44. The van der Waals surface area contributed by atoms with Crippen molar-refractivity contribution < 1.29 is 0 Å². The van der Waals surface area contributed by atoms with Crippen LogP contribution in [0.15, 0.2) is 30.3 Å². The topological polar surface area (TPSA) is 41.0 Å². The number of anilines is 2. The molecule has 0 amide bonds. The molecule has 2 heterocycles. The fourth-order valence-corrected chi connectivity index (χ4v) is 3.81. The number of rotatable bonds is 4. The summed E-state index contributed by atoms with van der Waals surface area (Å²) >= 11 is 0. The van der Waals surface area contributed by atoms with Gasteiger partial charge in [-0.25, -0.2) is 9.97 Å². The monoisotopic (exact) mass is 336 g/mol. The van der Waals surface area contributed by atoms with Crippen LogP contribution >= 0.6 is 0 Å². The molecule has 4 nitrogen and oxygen atoms in total. The molecule has 0 unspecified atom stereocenters. The smallest absolute Gasteiger partial charge is 0.136 e. The molecule has 1 fully saturated rings. The summed E-state index contributed by atoms with van der Waals surface area (Å²) in [5.74, 6) is 3.58. The molecule has 0 bridgehead atoms. The highest BCUT2D eigenvalue weighted by Crippen LogP contribution is 2.40. The number of aromatic nitrogens is 2. The number of hydrogen-bond acceptors (Lipinski definition) is 4. The Balaban J connectivity index is 1.71.